The zero-order valence-corrected chi connectivity index (χ0v) is 8.83. The lowest BCUT2D eigenvalue weighted by molar-refractivity contribution is 0.383. The second-order valence-corrected chi connectivity index (χ2v) is 6.03. The van der Waals surface area contributed by atoms with Crippen LogP contribution in [0.15, 0.2) is 30.3 Å². The SMILES string of the molecule is O=S(=O)(Cl)CC1OC1c1ccccc1. The van der Waals surface area contributed by atoms with Crippen molar-refractivity contribution < 1.29 is 13.2 Å². The van der Waals surface area contributed by atoms with Crippen LogP contribution in [-0.4, -0.2) is 20.3 Å². The number of hydrogen-bond donors (Lipinski definition) is 0. The molecule has 1 aliphatic rings. The van der Waals surface area contributed by atoms with E-state index in [9.17, 15) is 8.42 Å². The molecular weight excluding hydrogens is 224 g/mol. The van der Waals surface area contributed by atoms with Gasteiger partial charge in [0.2, 0.25) is 9.05 Å². The number of hydrogen-bond acceptors (Lipinski definition) is 3. The standard InChI is InChI=1S/C9H9ClO3S/c10-14(11,12)6-8-9(13-8)7-4-2-1-3-5-7/h1-5,8-9H,6H2. The summed E-state index contributed by atoms with van der Waals surface area (Å²) in [5.74, 6) is -0.117. The number of halogens is 1. The van der Waals surface area contributed by atoms with Gasteiger partial charge in [-0.2, -0.15) is 0 Å². The average Bonchev–Trinajstić information content (AvgIpc) is 2.82. The topological polar surface area (TPSA) is 46.7 Å². The first-order chi connectivity index (χ1) is 6.56. The van der Waals surface area contributed by atoms with E-state index < -0.39 is 9.05 Å². The maximum absolute atomic E-state index is 10.7. The molecule has 1 aromatic rings. The smallest absolute Gasteiger partial charge is 0.235 e. The first-order valence-electron chi connectivity index (χ1n) is 4.19. The molecule has 1 heterocycles. The Kier molecular flexibility index (Phi) is 2.51. The van der Waals surface area contributed by atoms with Crippen molar-refractivity contribution >= 4 is 19.7 Å². The lowest BCUT2D eigenvalue weighted by atomic mass is 10.1. The molecule has 0 bridgehead atoms. The van der Waals surface area contributed by atoms with Gasteiger partial charge in [0.15, 0.2) is 0 Å². The molecule has 2 unspecified atom stereocenters. The number of ether oxygens (including phenoxy) is 1. The van der Waals surface area contributed by atoms with Crippen LogP contribution in [0, 0.1) is 0 Å². The van der Waals surface area contributed by atoms with E-state index in [-0.39, 0.29) is 18.0 Å². The lowest BCUT2D eigenvalue weighted by Gasteiger charge is -1.93. The first kappa shape index (κ1) is 9.96. The molecule has 5 heteroatoms. The molecule has 0 N–H and O–H groups in total. The molecule has 0 aliphatic carbocycles. The Hall–Kier alpha value is -0.580. The van der Waals surface area contributed by atoms with Crippen LogP contribution in [0.4, 0.5) is 0 Å². The van der Waals surface area contributed by atoms with Crippen molar-refractivity contribution in [3.05, 3.63) is 35.9 Å². The van der Waals surface area contributed by atoms with Crippen molar-refractivity contribution in [1.82, 2.24) is 0 Å². The molecule has 14 heavy (non-hydrogen) atoms. The Balaban J connectivity index is 2.01. The summed E-state index contributed by atoms with van der Waals surface area (Å²) in [6.07, 6.45) is -0.385. The minimum atomic E-state index is -3.45. The van der Waals surface area contributed by atoms with Gasteiger partial charge >= 0.3 is 0 Å². The van der Waals surface area contributed by atoms with Gasteiger partial charge in [-0.1, -0.05) is 30.3 Å². The molecule has 0 saturated carbocycles. The summed E-state index contributed by atoms with van der Waals surface area (Å²) < 4.78 is 26.7. The van der Waals surface area contributed by atoms with Crippen molar-refractivity contribution in [3.63, 3.8) is 0 Å². The van der Waals surface area contributed by atoms with Gasteiger partial charge in [0.1, 0.15) is 12.2 Å². The molecule has 0 spiro atoms. The maximum Gasteiger partial charge on any atom is 0.235 e. The van der Waals surface area contributed by atoms with E-state index in [2.05, 4.69) is 0 Å². The van der Waals surface area contributed by atoms with E-state index in [1.54, 1.807) is 0 Å². The molecule has 1 fully saturated rings. The van der Waals surface area contributed by atoms with Crippen molar-refractivity contribution in [2.45, 2.75) is 12.2 Å². The highest BCUT2D eigenvalue weighted by atomic mass is 35.7. The zero-order valence-electron chi connectivity index (χ0n) is 7.26. The highest BCUT2D eigenvalue weighted by Crippen LogP contribution is 2.39. The Bertz CT molecular complexity index is 415. The Morgan fingerprint density at radius 1 is 1.29 bits per heavy atom. The van der Waals surface area contributed by atoms with Gasteiger partial charge in [0.05, 0.1) is 5.75 Å². The molecule has 3 nitrogen and oxygen atoms in total. The predicted octanol–water partition coefficient (Wildman–Crippen LogP) is 1.70. The van der Waals surface area contributed by atoms with E-state index in [0.29, 0.717) is 0 Å². The van der Waals surface area contributed by atoms with E-state index in [4.69, 9.17) is 15.4 Å². The van der Waals surface area contributed by atoms with E-state index in [1.807, 2.05) is 30.3 Å². The molecule has 1 aliphatic heterocycles. The second-order valence-electron chi connectivity index (χ2n) is 3.21. The largest absolute Gasteiger partial charge is 0.363 e. The third kappa shape index (κ3) is 2.47. The van der Waals surface area contributed by atoms with Gasteiger partial charge in [-0.25, -0.2) is 8.42 Å². The Morgan fingerprint density at radius 3 is 2.50 bits per heavy atom. The van der Waals surface area contributed by atoms with Crippen molar-refractivity contribution in [3.8, 4) is 0 Å². The molecule has 1 saturated heterocycles. The minimum Gasteiger partial charge on any atom is -0.363 e. The highest BCUT2D eigenvalue weighted by Gasteiger charge is 2.42. The fraction of sp³-hybridized carbons (Fsp3) is 0.333. The summed E-state index contributed by atoms with van der Waals surface area (Å²) in [7, 11) is 1.66. The second kappa shape index (κ2) is 3.53. The maximum atomic E-state index is 10.7. The number of benzene rings is 1. The zero-order chi connectivity index (χ0) is 10.2. The molecule has 0 amide bonds. The van der Waals surface area contributed by atoms with Gasteiger partial charge in [-0.05, 0) is 5.56 Å². The summed E-state index contributed by atoms with van der Waals surface area (Å²) in [5.41, 5.74) is 0.998. The number of rotatable bonds is 3. The number of epoxide rings is 1. The molecule has 0 radical (unpaired) electrons. The fourth-order valence-corrected chi connectivity index (χ4v) is 2.42. The van der Waals surface area contributed by atoms with Gasteiger partial charge in [0, 0.05) is 10.7 Å². The first-order valence-corrected chi connectivity index (χ1v) is 6.67. The Labute approximate surface area is 87.1 Å². The van der Waals surface area contributed by atoms with Crippen LogP contribution >= 0.6 is 10.7 Å². The molecular formula is C9H9ClO3S. The average molecular weight is 233 g/mol. The van der Waals surface area contributed by atoms with Crippen molar-refractivity contribution in [2.24, 2.45) is 0 Å². The van der Waals surface area contributed by atoms with Gasteiger partial charge in [-0.15, -0.1) is 0 Å². The summed E-state index contributed by atoms with van der Waals surface area (Å²) in [5, 5.41) is 0. The molecule has 1 aromatic carbocycles. The van der Waals surface area contributed by atoms with Crippen molar-refractivity contribution in [2.75, 3.05) is 5.75 Å². The third-order valence-corrected chi connectivity index (χ3v) is 3.18. The minimum absolute atomic E-state index is 0.107. The van der Waals surface area contributed by atoms with Crippen LogP contribution in [0.25, 0.3) is 0 Å². The van der Waals surface area contributed by atoms with Gasteiger partial charge in [-0.3, -0.25) is 0 Å². The molecule has 76 valence electrons. The highest BCUT2D eigenvalue weighted by molar-refractivity contribution is 8.13. The summed E-state index contributed by atoms with van der Waals surface area (Å²) >= 11 is 0. The van der Waals surface area contributed by atoms with Crippen LogP contribution in [0.2, 0.25) is 0 Å². The quantitative estimate of drug-likeness (QED) is 0.589. The van der Waals surface area contributed by atoms with Crippen LogP contribution in [0.1, 0.15) is 11.7 Å². The normalized spacial score (nSPS) is 26.1. The van der Waals surface area contributed by atoms with Gasteiger partial charge in [0.25, 0.3) is 0 Å². The van der Waals surface area contributed by atoms with Crippen LogP contribution in [-0.2, 0) is 13.8 Å². The monoisotopic (exact) mass is 232 g/mol. The summed E-state index contributed by atoms with van der Waals surface area (Å²) in [6, 6.07) is 9.50. The van der Waals surface area contributed by atoms with E-state index >= 15 is 0 Å². The van der Waals surface area contributed by atoms with Crippen molar-refractivity contribution in [1.29, 1.82) is 0 Å². The fourth-order valence-electron chi connectivity index (χ4n) is 1.40. The third-order valence-electron chi connectivity index (χ3n) is 2.07. The molecule has 2 atom stereocenters. The predicted molar refractivity (Wildman–Crippen MR) is 53.7 cm³/mol. The summed E-state index contributed by atoms with van der Waals surface area (Å²) in [4.78, 5) is 0. The van der Waals surface area contributed by atoms with Crippen LogP contribution < -0.4 is 0 Å². The Morgan fingerprint density at radius 2 is 1.93 bits per heavy atom. The molecule has 0 aromatic heterocycles. The lowest BCUT2D eigenvalue weighted by Crippen LogP contribution is -2.04. The van der Waals surface area contributed by atoms with Gasteiger partial charge < -0.3 is 4.74 Å². The van der Waals surface area contributed by atoms with E-state index in [0.717, 1.165) is 5.56 Å². The van der Waals surface area contributed by atoms with Crippen LogP contribution in [0.5, 0.6) is 0 Å². The summed E-state index contributed by atoms with van der Waals surface area (Å²) in [6.45, 7) is 0. The molecule has 2 rings (SSSR count). The van der Waals surface area contributed by atoms with Crippen LogP contribution in [0.3, 0.4) is 0 Å². The van der Waals surface area contributed by atoms with E-state index in [1.165, 1.54) is 0 Å².